The van der Waals surface area contributed by atoms with Crippen LogP contribution in [0.3, 0.4) is 0 Å². The first-order chi connectivity index (χ1) is 13.6. The van der Waals surface area contributed by atoms with E-state index in [9.17, 15) is 0 Å². The maximum atomic E-state index is 6.04. The summed E-state index contributed by atoms with van der Waals surface area (Å²) in [7, 11) is 0. The molecule has 0 spiro atoms. The molecule has 140 valence electrons. The van der Waals surface area contributed by atoms with Gasteiger partial charge in [-0.3, -0.25) is 4.57 Å². The fourth-order valence-corrected chi connectivity index (χ4v) is 4.35. The predicted octanol–water partition coefficient (Wildman–Crippen LogP) is 6.66. The van der Waals surface area contributed by atoms with Crippen LogP contribution in [-0.2, 0) is 6.54 Å². The van der Waals surface area contributed by atoms with Gasteiger partial charge in [-0.05, 0) is 77.8 Å². The van der Waals surface area contributed by atoms with Crippen LogP contribution in [0.25, 0.3) is 5.69 Å². The third kappa shape index (κ3) is 4.28. The second-order valence-corrected chi connectivity index (χ2v) is 8.24. The molecule has 0 atom stereocenters. The van der Waals surface area contributed by atoms with Crippen molar-refractivity contribution in [1.29, 1.82) is 0 Å². The minimum atomic E-state index is 0.642. The van der Waals surface area contributed by atoms with Crippen molar-refractivity contribution in [2.75, 3.05) is 0 Å². The number of aromatic nitrogens is 2. The van der Waals surface area contributed by atoms with Gasteiger partial charge in [-0.15, -0.1) is 0 Å². The zero-order valence-corrected chi connectivity index (χ0v) is 17.8. The van der Waals surface area contributed by atoms with Crippen molar-refractivity contribution in [2.45, 2.75) is 6.54 Å². The molecule has 4 aromatic rings. The molecule has 4 rings (SSSR count). The van der Waals surface area contributed by atoms with E-state index in [1.165, 1.54) is 11.5 Å². The number of hydrogen-bond acceptors (Lipinski definition) is 3. The Morgan fingerprint density at radius 1 is 0.821 bits per heavy atom. The van der Waals surface area contributed by atoms with Crippen LogP contribution in [0.5, 0.6) is 0 Å². The lowest BCUT2D eigenvalue weighted by Gasteiger charge is -2.04. The molecule has 0 saturated carbocycles. The van der Waals surface area contributed by atoms with Crippen LogP contribution in [0.2, 0.25) is 10.0 Å². The largest absolute Gasteiger partial charge is 0.288 e. The first-order valence-electron chi connectivity index (χ1n) is 8.53. The van der Waals surface area contributed by atoms with Crippen molar-refractivity contribution in [3.05, 3.63) is 104 Å². The Balaban J connectivity index is 1.87. The molecule has 0 saturated heterocycles. The van der Waals surface area contributed by atoms with E-state index in [2.05, 4.69) is 12.1 Å². The smallest absolute Gasteiger partial charge is 0.209 e. The molecular weight excluding hydrogens is 429 g/mol. The van der Waals surface area contributed by atoms with Gasteiger partial charge in [0.05, 0.1) is 17.9 Å². The van der Waals surface area contributed by atoms with E-state index in [0.29, 0.717) is 21.4 Å². The number of rotatable bonds is 4. The lowest BCUT2D eigenvalue weighted by Crippen LogP contribution is -2.15. The number of nitrogens with zero attached hydrogens (tertiary/aromatic N) is 3. The molecule has 0 N–H and O–H groups in total. The van der Waals surface area contributed by atoms with E-state index in [1.54, 1.807) is 0 Å². The third-order valence-electron chi connectivity index (χ3n) is 4.10. The highest BCUT2D eigenvalue weighted by Crippen LogP contribution is 2.19. The molecule has 1 aromatic heterocycles. The molecule has 0 fully saturated rings. The first-order valence-corrected chi connectivity index (χ1v) is 10.5. The summed E-state index contributed by atoms with van der Waals surface area (Å²) in [6, 6.07) is 25.3. The monoisotopic (exact) mass is 443 g/mol. The van der Waals surface area contributed by atoms with Crippen molar-refractivity contribution >= 4 is 52.6 Å². The minimum absolute atomic E-state index is 0.642. The summed E-state index contributed by atoms with van der Waals surface area (Å²) in [4.78, 5) is 5.62. The Labute approximate surface area is 181 Å². The highest BCUT2D eigenvalue weighted by atomic mass is 35.5. The van der Waals surface area contributed by atoms with E-state index in [-0.39, 0.29) is 0 Å². The summed E-state index contributed by atoms with van der Waals surface area (Å²) < 4.78 is 4.71. The van der Waals surface area contributed by atoms with Gasteiger partial charge < -0.3 is 0 Å². The average molecular weight is 444 g/mol. The van der Waals surface area contributed by atoms with Gasteiger partial charge in [0.2, 0.25) is 4.80 Å². The van der Waals surface area contributed by atoms with Crippen molar-refractivity contribution < 1.29 is 0 Å². The number of hydrogen-bond donors (Lipinski definition) is 0. The summed E-state index contributed by atoms with van der Waals surface area (Å²) in [5.41, 5.74) is 2.94. The van der Waals surface area contributed by atoms with Crippen LogP contribution < -0.4 is 4.80 Å². The first kappa shape index (κ1) is 19.2. The summed E-state index contributed by atoms with van der Waals surface area (Å²) in [6.45, 7) is 0.642. The summed E-state index contributed by atoms with van der Waals surface area (Å²) in [5, 5.41) is 1.37. The standard InChI is InChI=1S/C21H15Cl2N3S2/c22-16-6-10-18(11-7-16)24-20-25(14-15-4-2-1-3-5-15)21(27)26(28-20)19-12-8-17(23)9-13-19/h1-13H,14H2. The van der Waals surface area contributed by atoms with Crippen LogP contribution in [0.4, 0.5) is 5.69 Å². The fourth-order valence-electron chi connectivity index (χ4n) is 2.71. The maximum Gasteiger partial charge on any atom is 0.209 e. The lowest BCUT2D eigenvalue weighted by atomic mass is 10.2. The van der Waals surface area contributed by atoms with Crippen molar-refractivity contribution in [3.8, 4) is 5.69 Å². The fraction of sp³-hybridized carbons (Fsp3) is 0.0476. The molecule has 28 heavy (non-hydrogen) atoms. The molecule has 0 aliphatic heterocycles. The van der Waals surface area contributed by atoms with E-state index < -0.39 is 0 Å². The van der Waals surface area contributed by atoms with E-state index in [1.807, 2.05) is 75.3 Å². The van der Waals surface area contributed by atoms with Crippen LogP contribution >= 0.6 is 47.0 Å². The van der Waals surface area contributed by atoms with Crippen molar-refractivity contribution in [2.24, 2.45) is 4.99 Å². The maximum absolute atomic E-state index is 6.04. The highest BCUT2D eigenvalue weighted by Gasteiger charge is 2.09. The topological polar surface area (TPSA) is 22.2 Å². The van der Waals surface area contributed by atoms with Crippen LogP contribution in [0, 0.1) is 4.77 Å². The van der Waals surface area contributed by atoms with Gasteiger partial charge in [-0.1, -0.05) is 53.5 Å². The molecule has 7 heteroatoms. The van der Waals surface area contributed by atoms with Gasteiger partial charge >= 0.3 is 0 Å². The van der Waals surface area contributed by atoms with Crippen molar-refractivity contribution in [3.63, 3.8) is 0 Å². The second kappa shape index (κ2) is 8.45. The van der Waals surface area contributed by atoms with E-state index in [0.717, 1.165) is 21.7 Å². The Bertz CT molecular complexity index is 1210. The highest BCUT2D eigenvalue weighted by molar-refractivity contribution is 7.71. The Morgan fingerprint density at radius 3 is 2.07 bits per heavy atom. The van der Waals surface area contributed by atoms with Gasteiger partial charge in [0.25, 0.3) is 0 Å². The zero-order chi connectivity index (χ0) is 19.5. The van der Waals surface area contributed by atoms with Crippen LogP contribution in [0.1, 0.15) is 5.56 Å². The zero-order valence-electron chi connectivity index (χ0n) is 14.6. The third-order valence-corrected chi connectivity index (χ3v) is 6.17. The molecule has 0 amide bonds. The van der Waals surface area contributed by atoms with Gasteiger partial charge in [-0.25, -0.2) is 8.95 Å². The lowest BCUT2D eigenvalue weighted by molar-refractivity contribution is 0.736. The predicted molar refractivity (Wildman–Crippen MR) is 120 cm³/mol. The van der Waals surface area contributed by atoms with Crippen LogP contribution in [-0.4, -0.2) is 8.52 Å². The Hall–Kier alpha value is -2.18. The van der Waals surface area contributed by atoms with Gasteiger partial charge in [0.1, 0.15) is 0 Å². The quantitative estimate of drug-likeness (QED) is 0.323. The molecule has 0 unspecified atom stereocenters. The van der Waals surface area contributed by atoms with Gasteiger partial charge in [0.15, 0.2) is 4.77 Å². The Morgan fingerprint density at radius 2 is 1.43 bits per heavy atom. The van der Waals surface area contributed by atoms with Gasteiger partial charge in [0, 0.05) is 10.0 Å². The van der Waals surface area contributed by atoms with E-state index in [4.69, 9.17) is 40.4 Å². The summed E-state index contributed by atoms with van der Waals surface area (Å²) in [6.07, 6.45) is 0. The minimum Gasteiger partial charge on any atom is -0.288 e. The normalized spacial score (nSPS) is 11.7. The summed E-state index contributed by atoms with van der Waals surface area (Å²) >= 11 is 19.3. The second-order valence-electron chi connectivity index (χ2n) is 6.09. The number of halogens is 2. The van der Waals surface area contributed by atoms with E-state index >= 15 is 0 Å². The molecule has 0 radical (unpaired) electrons. The Kier molecular flexibility index (Phi) is 5.78. The molecule has 0 aliphatic rings. The number of benzene rings is 3. The summed E-state index contributed by atoms with van der Waals surface area (Å²) in [5.74, 6) is 0. The molecule has 3 nitrogen and oxygen atoms in total. The molecule has 0 bridgehead atoms. The van der Waals surface area contributed by atoms with Gasteiger partial charge in [-0.2, -0.15) is 0 Å². The van der Waals surface area contributed by atoms with Crippen molar-refractivity contribution in [1.82, 2.24) is 8.52 Å². The SMILES string of the molecule is S=c1n(-c2ccc(Cl)cc2)sc(=Nc2ccc(Cl)cc2)n1Cc1ccccc1. The molecule has 3 aromatic carbocycles. The molecule has 0 aliphatic carbocycles. The molecular formula is C21H15Cl2N3S2. The molecule has 1 heterocycles. The average Bonchev–Trinajstić information content (AvgIpc) is 3.01. The van der Waals surface area contributed by atoms with Crippen LogP contribution in [0.15, 0.2) is 83.9 Å².